The Morgan fingerprint density at radius 2 is 2.07 bits per heavy atom. The van der Waals surface area contributed by atoms with E-state index in [9.17, 15) is 0 Å². The van der Waals surface area contributed by atoms with Crippen LogP contribution in [-0.2, 0) is 0 Å². The fourth-order valence-corrected chi connectivity index (χ4v) is 1.24. The summed E-state index contributed by atoms with van der Waals surface area (Å²) < 4.78 is 1.77. The summed E-state index contributed by atoms with van der Waals surface area (Å²) in [7, 11) is 1.85. The van der Waals surface area contributed by atoms with Crippen LogP contribution in [-0.4, -0.2) is 26.6 Å². The van der Waals surface area contributed by atoms with Crippen LogP contribution in [0.25, 0.3) is 5.65 Å². The molecule has 0 bridgehead atoms. The SMILES string of the molecule is CNc1cnc2cnc(C(C)C)nn12. The molecule has 0 spiro atoms. The number of hydrogen-bond acceptors (Lipinski definition) is 4. The van der Waals surface area contributed by atoms with Gasteiger partial charge in [-0.2, -0.15) is 4.52 Å². The predicted molar refractivity (Wildman–Crippen MR) is 54.4 cm³/mol. The van der Waals surface area contributed by atoms with Crippen LogP contribution in [0.2, 0.25) is 0 Å². The van der Waals surface area contributed by atoms with Crippen LogP contribution < -0.4 is 5.32 Å². The number of aromatic nitrogens is 4. The number of nitrogens with zero attached hydrogens (tertiary/aromatic N) is 4. The molecule has 0 atom stereocenters. The van der Waals surface area contributed by atoms with E-state index in [2.05, 4.69) is 34.2 Å². The average molecular weight is 191 g/mol. The average Bonchev–Trinajstić information content (AvgIpc) is 2.59. The van der Waals surface area contributed by atoms with Gasteiger partial charge in [0, 0.05) is 13.0 Å². The lowest BCUT2D eigenvalue weighted by Gasteiger charge is -2.04. The molecule has 0 fully saturated rings. The second-order valence-electron chi connectivity index (χ2n) is 3.43. The van der Waals surface area contributed by atoms with Crippen LogP contribution in [0, 0.1) is 0 Å². The molecule has 2 heterocycles. The standard InChI is InChI=1S/C9H13N5/c1-6(2)9-12-5-8-11-4-7(10-3)14(8)13-9/h4-6,10H,1-3H3. The number of hydrogen-bond donors (Lipinski definition) is 1. The molecule has 0 radical (unpaired) electrons. The largest absolute Gasteiger partial charge is 0.372 e. The number of rotatable bonds is 2. The highest BCUT2D eigenvalue weighted by molar-refractivity contribution is 5.46. The Morgan fingerprint density at radius 1 is 1.29 bits per heavy atom. The summed E-state index contributed by atoms with van der Waals surface area (Å²) in [5, 5.41) is 7.41. The first-order valence-corrected chi connectivity index (χ1v) is 4.61. The normalized spacial score (nSPS) is 11.1. The molecule has 0 saturated carbocycles. The molecule has 1 N–H and O–H groups in total. The van der Waals surface area contributed by atoms with Gasteiger partial charge in [0.15, 0.2) is 11.5 Å². The predicted octanol–water partition coefficient (Wildman–Crippen LogP) is 1.29. The number of anilines is 1. The highest BCUT2D eigenvalue weighted by Gasteiger charge is 2.07. The summed E-state index contributed by atoms with van der Waals surface area (Å²) >= 11 is 0. The molecule has 0 aromatic carbocycles. The van der Waals surface area contributed by atoms with Gasteiger partial charge in [-0.05, 0) is 0 Å². The maximum atomic E-state index is 4.39. The maximum absolute atomic E-state index is 4.39. The van der Waals surface area contributed by atoms with E-state index >= 15 is 0 Å². The Bertz CT molecular complexity index is 445. The van der Waals surface area contributed by atoms with Gasteiger partial charge in [0.05, 0.1) is 12.4 Å². The zero-order valence-electron chi connectivity index (χ0n) is 8.52. The van der Waals surface area contributed by atoms with Crippen molar-refractivity contribution in [3.05, 3.63) is 18.2 Å². The second-order valence-corrected chi connectivity index (χ2v) is 3.43. The fraction of sp³-hybridized carbons (Fsp3) is 0.444. The summed E-state index contributed by atoms with van der Waals surface area (Å²) in [5.41, 5.74) is 0.763. The van der Waals surface area contributed by atoms with Crippen molar-refractivity contribution in [1.82, 2.24) is 19.6 Å². The van der Waals surface area contributed by atoms with E-state index in [0.29, 0.717) is 5.92 Å². The van der Waals surface area contributed by atoms with Crippen molar-refractivity contribution in [3.63, 3.8) is 0 Å². The molecule has 5 nitrogen and oxygen atoms in total. The molecule has 2 aromatic rings. The summed E-state index contributed by atoms with van der Waals surface area (Å²) in [6.07, 6.45) is 3.48. The Hall–Kier alpha value is -1.65. The first-order valence-electron chi connectivity index (χ1n) is 4.61. The number of nitrogens with one attached hydrogen (secondary N) is 1. The van der Waals surface area contributed by atoms with Crippen molar-refractivity contribution in [2.45, 2.75) is 19.8 Å². The number of imidazole rings is 1. The van der Waals surface area contributed by atoms with Gasteiger partial charge < -0.3 is 5.32 Å². The smallest absolute Gasteiger partial charge is 0.174 e. The Balaban J connectivity index is 2.61. The van der Waals surface area contributed by atoms with Crippen LogP contribution >= 0.6 is 0 Å². The highest BCUT2D eigenvalue weighted by atomic mass is 15.3. The van der Waals surface area contributed by atoms with Crippen molar-refractivity contribution in [2.75, 3.05) is 12.4 Å². The van der Waals surface area contributed by atoms with E-state index < -0.39 is 0 Å². The third-order valence-corrected chi connectivity index (χ3v) is 2.05. The van der Waals surface area contributed by atoms with E-state index in [1.54, 1.807) is 16.9 Å². The van der Waals surface area contributed by atoms with Crippen LogP contribution in [0.1, 0.15) is 25.6 Å². The lowest BCUT2D eigenvalue weighted by atomic mass is 10.2. The van der Waals surface area contributed by atoms with E-state index in [-0.39, 0.29) is 0 Å². The Kier molecular flexibility index (Phi) is 2.07. The molecular formula is C9H13N5. The van der Waals surface area contributed by atoms with Crippen LogP contribution in [0.3, 0.4) is 0 Å². The van der Waals surface area contributed by atoms with Crippen molar-refractivity contribution in [1.29, 1.82) is 0 Å². The zero-order chi connectivity index (χ0) is 10.1. The quantitative estimate of drug-likeness (QED) is 0.777. The third-order valence-electron chi connectivity index (χ3n) is 2.05. The maximum Gasteiger partial charge on any atom is 0.174 e. The van der Waals surface area contributed by atoms with Crippen LogP contribution in [0.15, 0.2) is 12.4 Å². The number of fused-ring (bicyclic) bond motifs is 1. The molecule has 5 heteroatoms. The van der Waals surface area contributed by atoms with Gasteiger partial charge in [0.2, 0.25) is 0 Å². The minimum atomic E-state index is 0.325. The minimum Gasteiger partial charge on any atom is -0.372 e. The third kappa shape index (κ3) is 1.30. The molecule has 0 saturated heterocycles. The Morgan fingerprint density at radius 3 is 2.71 bits per heavy atom. The molecule has 2 rings (SSSR count). The molecule has 2 aromatic heterocycles. The highest BCUT2D eigenvalue weighted by Crippen LogP contribution is 2.12. The van der Waals surface area contributed by atoms with Crippen LogP contribution in [0.5, 0.6) is 0 Å². The summed E-state index contributed by atoms with van der Waals surface area (Å²) in [6.45, 7) is 4.13. The van der Waals surface area contributed by atoms with Gasteiger partial charge in [-0.3, -0.25) is 0 Å². The Labute approximate surface area is 82.2 Å². The van der Waals surface area contributed by atoms with E-state index in [1.807, 2.05) is 7.05 Å². The van der Waals surface area contributed by atoms with Crippen molar-refractivity contribution < 1.29 is 0 Å². The topological polar surface area (TPSA) is 55.1 Å². The molecule has 0 aliphatic heterocycles. The van der Waals surface area contributed by atoms with Gasteiger partial charge in [0.1, 0.15) is 5.82 Å². The lowest BCUT2D eigenvalue weighted by molar-refractivity contribution is 0.720. The van der Waals surface area contributed by atoms with E-state index in [4.69, 9.17) is 0 Å². The first-order chi connectivity index (χ1) is 6.72. The van der Waals surface area contributed by atoms with Gasteiger partial charge in [-0.15, -0.1) is 5.10 Å². The lowest BCUT2D eigenvalue weighted by Crippen LogP contribution is -2.05. The molecule has 0 aliphatic carbocycles. The zero-order valence-corrected chi connectivity index (χ0v) is 8.52. The summed E-state index contributed by atoms with van der Waals surface area (Å²) in [5.74, 6) is 2.03. The molecule has 14 heavy (non-hydrogen) atoms. The molecule has 74 valence electrons. The first kappa shape index (κ1) is 8.93. The van der Waals surface area contributed by atoms with Crippen LogP contribution in [0.4, 0.5) is 5.82 Å². The summed E-state index contributed by atoms with van der Waals surface area (Å²) in [6, 6.07) is 0. The molecular weight excluding hydrogens is 178 g/mol. The van der Waals surface area contributed by atoms with Crippen molar-refractivity contribution in [2.24, 2.45) is 0 Å². The molecule has 0 unspecified atom stereocenters. The van der Waals surface area contributed by atoms with Crippen molar-refractivity contribution in [3.8, 4) is 0 Å². The fourth-order valence-electron chi connectivity index (χ4n) is 1.24. The van der Waals surface area contributed by atoms with E-state index in [1.165, 1.54) is 0 Å². The molecule has 0 amide bonds. The van der Waals surface area contributed by atoms with E-state index in [0.717, 1.165) is 17.3 Å². The minimum absolute atomic E-state index is 0.325. The summed E-state index contributed by atoms with van der Waals surface area (Å²) in [4.78, 5) is 8.40. The van der Waals surface area contributed by atoms with Gasteiger partial charge in [-0.25, -0.2) is 9.97 Å². The van der Waals surface area contributed by atoms with Gasteiger partial charge >= 0.3 is 0 Å². The van der Waals surface area contributed by atoms with Crippen molar-refractivity contribution >= 4 is 11.5 Å². The monoisotopic (exact) mass is 191 g/mol. The second kappa shape index (κ2) is 3.25. The van der Waals surface area contributed by atoms with Gasteiger partial charge in [-0.1, -0.05) is 13.8 Å². The van der Waals surface area contributed by atoms with Gasteiger partial charge in [0.25, 0.3) is 0 Å². The molecule has 0 aliphatic rings.